The Hall–Kier alpha value is 0.500. The fourth-order valence-corrected chi connectivity index (χ4v) is 8.54. The molecule has 4 fully saturated rings. The van der Waals surface area contributed by atoms with Crippen LogP contribution in [-0.2, 0) is 9.59 Å². The highest BCUT2D eigenvalue weighted by Crippen LogP contribution is 2.60. The summed E-state index contributed by atoms with van der Waals surface area (Å²) in [5.41, 5.74) is 0. The van der Waals surface area contributed by atoms with Gasteiger partial charge in [0.05, 0.1) is 0 Å². The second-order valence-electron chi connectivity index (χ2n) is 11.3. The normalized spacial score (nSPS) is 34.5. The van der Waals surface area contributed by atoms with Crippen LogP contribution in [0.15, 0.2) is 0 Å². The highest BCUT2D eigenvalue weighted by Gasteiger charge is 2.65. The third kappa shape index (κ3) is 6.14. The number of halogens is 4. The lowest BCUT2D eigenvalue weighted by Crippen LogP contribution is -2.55. The van der Waals surface area contributed by atoms with Crippen molar-refractivity contribution in [2.45, 2.75) is 125 Å². The maximum absolute atomic E-state index is 11.8. The summed E-state index contributed by atoms with van der Waals surface area (Å²) < 4.78 is -2.08. The van der Waals surface area contributed by atoms with Crippen LogP contribution in [0.25, 0.3) is 0 Å². The number of unbranched alkanes of at least 4 members (excludes halogenated alkanes) is 8. The fourth-order valence-electron chi connectivity index (χ4n) is 7.06. The summed E-state index contributed by atoms with van der Waals surface area (Å²) in [5, 5.41) is 0. The molecule has 2 nitrogen and oxygen atoms in total. The van der Waals surface area contributed by atoms with Gasteiger partial charge >= 0.3 is 0 Å². The van der Waals surface area contributed by atoms with E-state index in [4.69, 9.17) is 46.4 Å². The molecular formula is C28H44Cl4O2. The van der Waals surface area contributed by atoms with Crippen LogP contribution >= 0.6 is 46.4 Å². The molecule has 0 heterocycles. The first-order chi connectivity index (χ1) is 16.2. The maximum atomic E-state index is 11.8. The Morgan fingerprint density at radius 1 is 0.588 bits per heavy atom. The molecule has 34 heavy (non-hydrogen) atoms. The van der Waals surface area contributed by atoms with E-state index in [9.17, 15) is 9.59 Å². The SMILES string of the molecule is CCCCCCCC1CCC2C1C(=O)C2(Cl)Cl.CCCCCCCC1CCC2C1C(=O)C2(Cl)Cl. The lowest BCUT2D eigenvalue weighted by atomic mass is 9.69. The molecule has 6 heteroatoms. The van der Waals surface area contributed by atoms with Crippen molar-refractivity contribution >= 4 is 58.0 Å². The molecule has 0 aliphatic heterocycles. The molecule has 0 N–H and O–H groups in total. The third-order valence-corrected chi connectivity index (χ3v) is 11.0. The van der Waals surface area contributed by atoms with Crippen molar-refractivity contribution < 1.29 is 9.59 Å². The summed E-state index contributed by atoms with van der Waals surface area (Å²) in [5.74, 6) is 2.22. The number of carbonyl (C=O) groups is 2. The van der Waals surface area contributed by atoms with E-state index in [1.807, 2.05) is 0 Å². The van der Waals surface area contributed by atoms with Gasteiger partial charge in [-0.1, -0.05) is 124 Å². The van der Waals surface area contributed by atoms with E-state index in [-0.39, 0.29) is 35.2 Å². The lowest BCUT2D eigenvalue weighted by Gasteiger charge is -2.43. The Balaban J connectivity index is 0.000000191. The smallest absolute Gasteiger partial charge is 0.179 e. The Bertz CT molecular complexity index is 634. The van der Waals surface area contributed by atoms with Gasteiger partial charge in [-0.15, -0.1) is 0 Å². The van der Waals surface area contributed by atoms with E-state index >= 15 is 0 Å². The molecule has 0 saturated heterocycles. The summed E-state index contributed by atoms with van der Waals surface area (Å²) in [6.07, 6.45) is 19.8. The average Bonchev–Trinajstić information content (AvgIpc) is 3.41. The van der Waals surface area contributed by atoms with Crippen molar-refractivity contribution in [2.24, 2.45) is 35.5 Å². The van der Waals surface area contributed by atoms with Crippen LogP contribution in [0.5, 0.6) is 0 Å². The minimum atomic E-state index is -1.04. The van der Waals surface area contributed by atoms with E-state index in [0.717, 1.165) is 25.7 Å². The first-order valence-corrected chi connectivity index (χ1v) is 15.5. The highest BCUT2D eigenvalue weighted by molar-refractivity contribution is 6.61. The Morgan fingerprint density at radius 3 is 1.29 bits per heavy atom. The van der Waals surface area contributed by atoms with Crippen LogP contribution in [0.2, 0.25) is 0 Å². The van der Waals surface area contributed by atoms with Crippen molar-refractivity contribution in [3.05, 3.63) is 0 Å². The standard InChI is InChI=1S/2C14H22Cl2O/c2*1-2-3-4-5-6-7-10-8-9-11-12(10)13(17)14(11,15)16/h2*10-12H,2-9H2,1H3. The molecule has 4 saturated carbocycles. The molecule has 0 spiro atoms. The number of fused-ring (bicyclic) bond motifs is 2. The summed E-state index contributed by atoms with van der Waals surface area (Å²) in [6, 6.07) is 0. The largest absolute Gasteiger partial charge is 0.296 e. The molecule has 196 valence electrons. The zero-order valence-corrected chi connectivity index (χ0v) is 24.1. The van der Waals surface area contributed by atoms with Gasteiger partial charge in [-0.3, -0.25) is 9.59 Å². The highest BCUT2D eigenvalue weighted by atomic mass is 35.5. The predicted octanol–water partition coefficient (Wildman–Crippen LogP) is 9.49. The minimum Gasteiger partial charge on any atom is -0.296 e. The second kappa shape index (κ2) is 12.8. The van der Waals surface area contributed by atoms with Gasteiger partial charge in [0.1, 0.15) is 0 Å². The fraction of sp³-hybridized carbons (Fsp3) is 0.929. The average molecular weight is 554 g/mol. The van der Waals surface area contributed by atoms with Crippen molar-refractivity contribution in [2.75, 3.05) is 0 Å². The molecule has 0 amide bonds. The van der Waals surface area contributed by atoms with Gasteiger partial charge in [-0.25, -0.2) is 0 Å². The second-order valence-corrected chi connectivity index (χ2v) is 14.1. The van der Waals surface area contributed by atoms with E-state index in [1.165, 1.54) is 77.0 Å². The van der Waals surface area contributed by atoms with Crippen molar-refractivity contribution in [1.29, 1.82) is 0 Å². The molecule has 4 aliphatic rings. The number of rotatable bonds is 12. The Labute approximate surface area is 227 Å². The van der Waals surface area contributed by atoms with Crippen molar-refractivity contribution in [1.82, 2.24) is 0 Å². The zero-order valence-electron chi connectivity index (χ0n) is 21.1. The van der Waals surface area contributed by atoms with Gasteiger partial charge in [0, 0.05) is 23.7 Å². The number of carbonyl (C=O) groups excluding carboxylic acids is 2. The Morgan fingerprint density at radius 2 is 0.941 bits per heavy atom. The number of alkyl halides is 4. The lowest BCUT2D eigenvalue weighted by molar-refractivity contribution is -0.136. The molecule has 0 radical (unpaired) electrons. The van der Waals surface area contributed by atoms with Gasteiger partial charge in [0.15, 0.2) is 20.2 Å². The van der Waals surface area contributed by atoms with Gasteiger partial charge in [-0.05, 0) is 50.4 Å². The van der Waals surface area contributed by atoms with Gasteiger partial charge < -0.3 is 0 Å². The van der Waals surface area contributed by atoms with Crippen LogP contribution in [0.3, 0.4) is 0 Å². The molecular weight excluding hydrogens is 510 g/mol. The van der Waals surface area contributed by atoms with E-state index in [2.05, 4.69) is 13.8 Å². The van der Waals surface area contributed by atoms with Crippen LogP contribution in [-0.4, -0.2) is 20.2 Å². The van der Waals surface area contributed by atoms with E-state index < -0.39 is 8.67 Å². The Kier molecular flexibility index (Phi) is 11.0. The van der Waals surface area contributed by atoms with Crippen LogP contribution in [0.1, 0.15) is 117 Å². The summed E-state index contributed by atoms with van der Waals surface area (Å²) in [6.45, 7) is 4.46. The number of hydrogen-bond acceptors (Lipinski definition) is 2. The molecule has 6 atom stereocenters. The monoisotopic (exact) mass is 552 g/mol. The predicted molar refractivity (Wildman–Crippen MR) is 145 cm³/mol. The van der Waals surface area contributed by atoms with E-state index in [1.54, 1.807) is 0 Å². The maximum Gasteiger partial charge on any atom is 0.179 e. The van der Waals surface area contributed by atoms with Gasteiger partial charge in [0.2, 0.25) is 0 Å². The number of Topliss-reactive ketones (excluding diaryl/α,β-unsaturated/α-hetero) is 2. The molecule has 0 aromatic heterocycles. The van der Waals surface area contributed by atoms with Crippen LogP contribution in [0, 0.1) is 35.5 Å². The first kappa shape index (κ1) is 29.1. The van der Waals surface area contributed by atoms with E-state index in [0.29, 0.717) is 11.8 Å². The summed E-state index contributed by atoms with van der Waals surface area (Å²) in [4.78, 5) is 23.7. The summed E-state index contributed by atoms with van der Waals surface area (Å²) in [7, 11) is 0. The molecule has 0 bridgehead atoms. The molecule has 0 aromatic rings. The van der Waals surface area contributed by atoms with Gasteiger partial charge in [-0.2, -0.15) is 0 Å². The molecule has 6 unspecified atom stereocenters. The van der Waals surface area contributed by atoms with Gasteiger partial charge in [0.25, 0.3) is 0 Å². The zero-order chi connectivity index (χ0) is 24.9. The number of hydrogen-bond donors (Lipinski definition) is 0. The first-order valence-electron chi connectivity index (χ1n) is 14.0. The number of ketones is 2. The molecule has 0 aromatic carbocycles. The summed E-state index contributed by atoms with van der Waals surface area (Å²) >= 11 is 24.2. The quantitative estimate of drug-likeness (QED) is 0.178. The van der Waals surface area contributed by atoms with Crippen molar-refractivity contribution in [3.8, 4) is 0 Å². The molecule has 4 rings (SSSR count). The van der Waals surface area contributed by atoms with Crippen LogP contribution in [0.4, 0.5) is 0 Å². The van der Waals surface area contributed by atoms with Crippen LogP contribution < -0.4 is 0 Å². The topological polar surface area (TPSA) is 34.1 Å². The molecule has 4 aliphatic carbocycles. The third-order valence-electron chi connectivity index (χ3n) is 9.13. The van der Waals surface area contributed by atoms with Crippen molar-refractivity contribution in [3.63, 3.8) is 0 Å². The minimum absolute atomic E-state index is 0.0990.